The molecule has 60 valence electrons. The second-order valence-electron chi connectivity index (χ2n) is 2.64. The zero-order chi connectivity index (χ0) is 8.55. The molecule has 1 aromatic carbocycles. The van der Waals surface area contributed by atoms with Crippen molar-refractivity contribution >= 4 is 11.9 Å². The lowest BCUT2D eigenvalue weighted by Crippen LogP contribution is -2.17. The van der Waals surface area contributed by atoms with Crippen molar-refractivity contribution < 1.29 is 14.3 Å². The highest BCUT2D eigenvalue weighted by Gasteiger charge is 2.16. The summed E-state index contributed by atoms with van der Waals surface area (Å²) in [6, 6.07) is 6.83. The summed E-state index contributed by atoms with van der Waals surface area (Å²) >= 11 is 0. The van der Waals surface area contributed by atoms with Gasteiger partial charge in [0.1, 0.15) is 0 Å². The molecule has 0 saturated carbocycles. The molecule has 2 heterocycles. The molecule has 2 aliphatic heterocycles. The molecule has 0 spiro atoms. The molecule has 0 fully saturated rings. The zero-order valence-corrected chi connectivity index (χ0v) is 6.24. The molecule has 0 saturated heterocycles. The smallest absolute Gasteiger partial charge is 0.345 e. The lowest BCUT2D eigenvalue weighted by Gasteiger charge is -2.07. The van der Waals surface area contributed by atoms with Crippen molar-refractivity contribution in [3.8, 4) is 0 Å². The fraction of sp³-hybridized carbons (Fsp3) is 0.111. The Morgan fingerprint density at radius 3 is 2.42 bits per heavy atom. The van der Waals surface area contributed by atoms with Gasteiger partial charge in [-0.25, -0.2) is 4.79 Å². The third-order valence-corrected chi connectivity index (χ3v) is 1.74. The van der Waals surface area contributed by atoms with Crippen molar-refractivity contribution in [2.45, 2.75) is 6.42 Å². The van der Waals surface area contributed by atoms with E-state index in [1.165, 1.54) is 0 Å². The van der Waals surface area contributed by atoms with Gasteiger partial charge < -0.3 is 4.74 Å². The number of benzene rings is 1. The quantitative estimate of drug-likeness (QED) is 0.421. The van der Waals surface area contributed by atoms with Crippen LogP contribution >= 0.6 is 0 Å². The molecule has 0 unspecified atom stereocenters. The number of carbonyl (C=O) groups is 2. The molecule has 0 atom stereocenters. The monoisotopic (exact) mass is 162 g/mol. The van der Waals surface area contributed by atoms with E-state index in [2.05, 4.69) is 4.74 Å². The molecule has 3 heteroatoms. The Labute approximate surface area is 69.0 Å². The van der Waals surface area contributed by atoms with Crippen LogP contribution in [-0.4, -0.2) is 11.9 Å². The number of hydrogen-bond donors (Lipinski definition) is 0. The number of ether oxygens (including phenoxy) is 1. The average molecular weight is 162 g/mol. The van der Waals surface area contributed by atoms with Crippen molar-refractivity contribution in [2.24, 2.45) is 0 Å². The molecule has 0 N–H and O–H groups in total. The molecule has 0 aromatic heterocycles. The SMILES string of the molecule is O=C1Cc2ccc(cc2)C(=O)O1. The standard InChI is InChI=1S/C9H6O3/c10-8-5-6-1-3-7(4-2-6)9(11)12-8/h1-4H,5H2. The van der Waals surface area contributed by atoms with Crippen LogP contribution in [0.4, 0.5) is 0 Å². The third-order valence-electron chi connectivity index (χ3n) is 1.74. The van der Waals surface area contributed by atoms with Crippen molar-refractivity contribution in [3.05, 3.63) is 35.4 Å². The minimum Gasteiger partial charge on any atom is -0.389 e. The molecular weight excluding hydrogens is 156 g/mol. The second kappa shape index (κ2) is 2.44. The van der Waals surface area contributed by atoms with Gasteiger partial charge in [-0.2, -0.15) is 0 Å². The summed E-state index contributed by atoms with van der Waals surface area (Å²) in [5, 5.41) is 0. The first-order valence-electron chi connectivity index (χ1n) is 3.59. The van der Waals surface area contributed by atoms with E-state index in [-0.39, 0.29) is 6.42 Å². The Morgan fingerprint density at radius 2 is 1.75 bits per heavy atom. The van der Waals surface area contributed by atoms with E-state index < -0.39 is 11.9 Å². The molecule has 0 amide bonds. The van der Waals surface area contributed by atoms with Gasteiger partial charge in [-0.1, -0.05) is 12.1 Å². The van der Waals surface area contributed by atoms with Crippen molar-refractivity contribution in [2.75, 3.05) is 0 Å². The van der Waals surface area contributed by atoms with Gasteiger partial charge in [0.15, 0.2) is 0 Å². The van der Waals surface area contributed by atoms with E-state index in [0.717, 1.165) is 5.56 Å². The molecular formula is C9H6O3. The maximum absolute atomic E-state index is 11.0. The Bertz CT molecular complexity index is 337. The highest BCUT2D eigenvalue weighted by atomic mass is 16.6. The van der Waals surface area contributed by atoms with E-state index in [0.29, 0.717) is 5.56 Å². The summed E-state index contributed by atoms with van der Waals surface area (Å²) in [4.78, 5) is 21.9. The molecule has 2 aliphatic rings. The average Bonchev–Trinajstić information content (AvgIpc) is 2.02. The minimum atomic E-state index is -0.564. The zero-order valence-electron chi connectivity index (χ0n) is 6.24. The van der Waals surface area contributed by atoms with Crippen LogP contribution in [0.1, 0.15) is 15.9 Å². The number of hydrogen-bond acceptors (Lipinski definition) is 3. The highest BCUT2D eigenvalue weighted by Crippen LogP contribution is 2.11. The third kappa shape index (κ3) is 1.09. The molecule has 3 rings (SSSR count). The Kier molecular flexibility index (Phi) is 1.43. The lowest BCUT2D eigenvalue weighted by molar-refractivity contribution is -0.137. The van der Waals surface area contributed by atoms with Crippen LogP contribution in [0, 0.1) is 0 Å². The van der Waals surface area contributed by atoms with Gasteiger partial charge in [0, 0.05) is 0 Å². The predicted octanol–water partition coefficient (Wildman–Crippen LogP) is 0.926. The van der Waals surface area contributed by atoms with Crippen molar-refractivity contribution in [1.29, 1.82) is 0 Å². The van der Waals surface area contributed by atoms with Gasteiger partial charge in [0.2, 0.25) is 0 Å². The normalized spacial score (nSPS) is 15.3. The Balaban J connectivity index is 2.53. The minimum absolute atomic E-state index is 0.173. The first-order chi connectivity index (χ1) is 5.75. The summed E-state index contributed by atoms with van der Waals surface area (Å²) in [7, 11) is 0. The Morgan fingerprint density at radius 1 is 1.08 bits per heavy atom. The summed E-state index contributed by atoms with van der Waals surface area (Å²) in [6.07, 6.45) is 0.173. The fourth-order valence-electron chi connectivity index (χ4n) is 1.12. The van der Waals surface area contributed by atoms with E-state index in [4.69, 9.17) is 0 Å². The second-order valence-corrected chi connectivity index (χ2v) is 2.64. The fourth-order valence-corrected chi connectivity index (χ4v) is 1.12. The molecule has 2 bridgehead atoms. The predicted molar refractivity (Wildman–Crippen MR) is 40.6 cm³/mol. The van der Waals surface area contributed by atoms with Crippen LogP contribution in [0.25, 0.3) is 0 Å². The molecule has 3 nitrogen and oxygen atoms in total. The van der Waals surface area contributed by atoms with Crippen LogP contribution in [0.2, 0.25) is 0 Å². The van der Waals surface area contributed by atoms with E-state index in [1.54, 1.807) is 24.3 Å². The van der Waals surface area contributed by atoms with Crippen LogP contribution in [0.15, 0.2) is 24.3 Å². The number of fused-ring (bicyclic) bond motifs is 5. The maximum Gasteiger partial charge on any atom is 0.345 e. The van der Waals surface area contributed by atoms with Crippen LogP contribution in [-0.2, 0) is 16.0 Å². The number of carbonyl (C=O) groups excluding carboxylic acids is 2. The molecule has 1 aromatic rings. The van der Waals surface area contributed by atoms with Gasteiger partial charge >= 0.3 is 11.9 Å². The summed E-state index contributed by atoms with van der Waals surface area (Å²) in [6.45, 7) is 0. The van der Waals surface area contributed by atoms with Crippen molar-refractivity contribution in [3.63, 3.8) is 0 Å². The van der Waals surface area contributed by atoms with Crippen LogP contribution in [0.5, 0.6) is 0 Å². The lowest BCUT2D eigenvalue weighted by atomic mass is 10.1. The topological polar surface area (TPSA) is 43.4 Å². The molecule has 0 radical (unpaired) electrons. The van der Waals surface area contributed by atoms with Gasteiger partial charge in [-0.3, -0.25) is 4.79 Å². The van der Waals surface area contributed by atoms with E-state index >= 15 is 0 Å². The van der Waals surface area contributed by atoms with Gasteiger partial charge in [-0.05, 0) is 17.7 Å². The van der Waals surface area contributed by atoms with Crippen LogP contribution in [0.3, 0.4) is 0 Å². The summed E-state index contributed by atoms with van der Waals surface area (Å²) < 4.78 is 4.49. The molecule has 0 aliphatic carbocycles. The first kappa shape index (κ1) is 7.03. The maximum atomic E-state index is 11.0. The Hall–Kier alpha value is -1.64. The van der Waals surface area contributed by atoms with Crippen molar-refractivity contribution in [1.82, 2.24) is 0 Å². The van der Waals surface area contributed by atoms with Gasteiger partial charge in [0.25, 0.3) is 0 Å². The largest absolute Gasteiger partial charge is 0.389 e. The van der Waals surface area contributed by atoms with Gasteiger partial charge in [-0.15, -0.1) is 0 Å². The molecule has 12 heavy (non-hydrogen) atoms. The van der Waals surface area contributed by atoms with E-state index in [1.807, 2.05) is 0 Å². The first-order valence-corrected chi connectivity index (χ1v) is 3.59. The van der Waals surface area contributed by atoms with Gasteiger partial charge in [0.05, 0.1) is 12.0 Å². The van der Waals surface area contributed by atoms with E-state index in [9.17, 15) is 9.59 Å². The summed E-state index contributed by atoms with van der Waals surface area (Å²) in [5.74, 6) is -1.05. The summed E-state index contributed by atoms with van der Waals surface area (Å²) in [5.41, 5.74) is 1.29. The highest BCUT2D eigenvalue weighted by molar-refractivity contribution is 5.98. The number of esters is 2. The van der Waals surface area contributed by atoms with Crippen LogP contribution < -0.4 is 0 Å². The number of rotatable bonds is 0.